The maximum Gasteiger partial charge on any atom is 0.231 e. The summed E-state index contributed by atoms with van der Waals surface area (Å²) in [5.41, 5.74) is 7.24. The molecular formula is C39H37ClN2O4. The van der Waals surface area contributed by atoms with Crippen molar-refractivity contribution in [2.45, 2.75) is 58.1 Å². The number of carbonyl (C=O) groups excluding carboxylic acids is 2. The van der Waals surface area contributed by atoms with Gasteiger partial charge >= 0.3 is 0 Å². The Morgan fingerprint density at radius 2 is 1.63 bits per heavy atom. The second kappa shape index (κ2) is 12.7. The Morgan fingerprint density at radius 1 is 0.891 bits per heavy atom. The molecule has 4 aromatic rings. The fraction of sp³-hybridized carbons (Fsp3) is 0.282. The highest BCUT2D eigenvalue weighted by atomic mass is 35.5. The Kier molecular flexibility index (Phi) is 8.31. The van der Waals surface area contributed by atoms with E-state index in [1.165, 1.54) is 5.56 Å². The van der Waals surface area contributed by atoms with Crippen LogP contribution in [-0.2, 0) is 16.2 Å². The second-order valence-corrected chi connectivity index (χ2v) is 12.8. The van der Waals surface area contributed by atoms with E-state index < -0.39 is 6.04 Å². The number of para-hydroxylation sites is 2. The van der Waals surface area contributed by atoms with E-state index in [4.69, 9.17) is 21.1 Å². The van der Waals surface area contributed by atoms with Gasteiger partial charge < -0.3 is 14.8 Å². The Bertz CT molecular complexity index is 1810. The molecule has 7 heteroatoms. The average Bonchev–Trinajstić information content (AvgIpc) is 3.92. The largest absolute Gasteiger partial charge is 0.490 e. The molecule has 0 aromatic heterocycles. The lowest BCUT2D eigenvalue weighted by atomic mass is 9.78. The van der Waals surface area contributed by atoms with Gasteiger partial charge in [-0.15, -0.1) is 0 Å². The highest BCUT2D eigenvalue weighted by Crippen LogP contribution is 2.50. The van der Waals surface area contributed by atoms with Crippen LogP contribution >= 0.6 is 11.6 Å². The summed E-state index contributed by atoms with van der Waals surface area (Å²) in [7, 11) is 0. The number of allylic oxidation sites excluding steroid dienone is 1. The van der Waals surface area contributed by atoms with Gasteiger partial charge in [0.05, 0.1) is 24.0 Å². The van der Waals surface area contributed by atoms with Gasteiger partial charge in [0.1, 0.15) is 6.61 Å². The van der Waals surface area contributed by atoms with Crippen LogP contribution in [0.15, 0.2) is 102 Å². The number of aryl methyl sites for hydroxylation is 1. The number of ketones is 1. The number of nitrogens with zero attached hydrogens (tertiary/aromatic N) is 1. The molecule has 2 atom stereocenters. The Labute approximate surface area is 275 Å². The average molecular weight is 633 g/mol. The first kappa shape index (κ1) is 30.1. The maximum absolute atomic E-state index is 14.4. The van der Waals surface area contributed by atoms with Gasteiger partial charge in [-0.1, -0.05) is 71.8 Å². The number of hydrogen-bond donors (Lipinski definition) is 1. The van der Waals surface area contributed by atoms with E-state index in [2.05, 4.69) is 36.5 Å². The number of hydrogen-bond acceptors (Lipinski definition) is 5. The molecule has 1 aliphatic heterocycles. The van der Waals surface area contributed by atoms with Gasteiger partial charge in [0.25, 0.3) is 0 Å². The van der Waals surface area contributed by atoms with Gasteiger partial charge in [0.15, 0.2) is 17.3 Å². The lowest BCUT2D eigenvalue weighted by Crippen LogP contribution is -2.39. The number of fused-ring (bicyclic) bond motifs is 1. The summed E-state index contributed by atoms with van der Waals surface area (Å²) in [5.74, 6) is 1.25. The number of amides is 1. The second-order valence-electron chi connectivity index (χ2n) is 12.4. The topological polar surface area (TPSA) is 67.9 Å². The summed E-state index contributed by atoms with van der Waals surface area (Å²) in [5, 5.41) is 4.31. The van der Waals surface area contributed by atoms with Crippen molar-refractivity contribution in [3.8, 4) is 11.5 Å². The van der Waals surface area contributed by atoms with Crippen LogP contribution < -0.4 is 19.7 Å². The smallest absolute Gasteiger partial charge is 0.231 e. The van der Waals surface area contributed by atoms with Crippen molar-refractivity contribution < 1.29 is 19.1 Å². The fourth-order valence-electron chi connectivity index (χ4n) is 6.57. The predicted octanol–water partition coefficient (Wildman–Crippen LogP) is 8.94. The molecule has 0 unspecified atom stereocenters. The molecular weight excluding hydrogens is 596 g/mol. The van der Waals surface area contributed by atoms with Crippen molar-refractivity contribution in [3.63, 3.8) is 0 Å². The van der Waals surface area contributed by atoms with Crippen LogP contribution in [-0.4, -0.2) is 18.3 Å². The number of Topliss-reactive ketones (excluding diaryl/α,β-unsaturated/α-hetero) is 1. The SMILES string of the molecule is CCOc1cc([C@H]2C3=C(C[C@@H](c4ccc(C)cc4)CC3=O)Nc3ccccc3N2C(=O)C2CC2)ccc1OCc1ccc(Cl)cc1. The van der Waals surface area contributed by atoms with Gasteiger partial charge in [-0.25, -0.2) is 0 Å². The molecule has 1 N–H and O–H groups in total. The summed E-state index contributed by atoms with van der Waals surface area (Å²) < 4.78 is 12.3. The van der Waals surface area contributed by atoms with Crippen LogP contribution in [0.25, 0.3) is 0 Å². The number of anilines is 2. The first-order valence-corrected chi connectivity index (χ1v) is 16.4. The van der Waals surface area contributed by atoms with E-state index in [1.54, 1.807) is 0 Å². The van der Waals surface area contributed by atoms with Crippen molar-refractivity contribution >= 4 is 34.7 Å². The highest BCUT2D eigenvalue weighted by Gasteiger charge is 2.45. The first-order valence-electron chi connectivity index (χ1n) is 16.1. The first-order chi connectivity index (χ1) is 22.4. The Balaban J connectivity index is 1.33. The molecule has 0 radical (unpaired) electrons. The van der Waals surface area contributed by atoms with Gasteiger partial charge in [0.2, 0.25) is 5.91 Å². The Hall–Kier alpha value is -4.55. The molecule has 0 saturated heterocycles. The van der Waals surface area contributed by atoms with Gasteiger partial charge in [-0.05, 0) is 92.1 Å². The van der Waals surface area contributed by atoms with Crippen molar-refractivity contribution in [2.24, 2.45) is 5.92 Å². The number of ether oxygens (including phenoxy) is 2. The standard InChI is InChI=1S/C39H37ClN2O4/c1-3-45-36-22-28(16-19-35(36)46-23-25-10-17-30(40)18-11-25)38-37-32(20-29(21-34(37)43)26-12-8-24(2)9-13-26)41-31-6-4-5-7-33(31)42(38)39(44)27-14-15-27/h4-13,16-19,22,27,29,38,41H,3,14-15,20-21,23H2,1-2H3/t29-,38+/m1/s1. The number of carbonyl (C=O) groups is 2. The molecule has 0 bridgehead atoms. The summed E-state index contributed by atoms with van der Waals surface area (Å²) in [4.78, 5) is 30.5. The number of nitrogens with one attached hydrogen (secondary N) is 1. The summed E-state index contributed by atoms with van der Waals surface area (Å²) in [6.07, 6.45) is 2.76. The van der Waals surface area contributed by atoms with Crippen molar-refractivity contribution in [1.82, 2.24) is 0 Å². The monoisotopic (exact) mass is 632 g/mol. The minimum atomic E-state index is -0.616. The molecule has 1 heterocycles. The van der Waals surface area contributed by atoms with E-state index in [-0.39, 0.29) is 23.5 Å². The fourth-order valence-corrected chi connectivity index (χ4v) is 6.70. The van der Waals surface area contributed by atoms with Crippen LogP contribution in [0.5, 0.6) is 11.5 Å². The molecule has 1 saturated carbocycles. The molecule has 4 aromatic carbocycles. The molecule has 1 amide bonds. The van der Waals surface area contributed by atoms with E-state index >= 15 is 0 Å². The maximum atomic E-state index is 14.4. The molecule has 2 aliphatic carbocycles. The van der Waals surface area contributed by atoms with Gasteiger partial charge in [-0.2, -0.15) is 0 Å². The van der Waals surface area contributed by atoms with E-state index in [0.29, 0.717) is 48.2 Å². The highest BCUT2D eigenvalue weighted by molar-refractivity contribution is 6.30. The number of benzene rings is 4. The third-order valence-electron chi connectivity index (χ3n) is 9.09. The molecule has 7 rings (SSSR count). The summed E-state index contributed by atoms with van der Waals surface area (Å²) in [6, 6.07) is 29.1. The van der Waals surface area contributed by atoms with Crippen LogP contribution in [0.2, 0.25) is 5.02 Å². The zero-order valence-electron chi connectivity index (χ0n) is 26.1. The lowest BCUT2D eigenvalue weighted by Gasteiger charge is -2.35. The minimum absolute atomic E-state index is 0.0421. The molecule has 46 heavy (non-hydrogen) atoms. The molecule has 234 valence electrons. The van der Waals surface area contributed by atoms with Crippen LogP contribution in [0.3, 0.4) is 0 Å². The lowest BCUT2D eigenvalue weighted by molar-refractivity contribution is -0.120. The van der Waals surface area contributed by atoms with Crippen molar-refractivity contribution in [1.29, 1.82) is 0 Å². The Morgan fingerprint density at radius 3 is 2.37 bits per heavy atom. The third-order valence-corrected chi connectivity index (χ3v) is 9.34. The van der Waals surface area contributed by atoms with E-state index in [1.807, 2.05) is 78.6 Å². The van der Waals surface area contributed by atoms with E-state index in [0.717, 1.165) is 46.6 Å². The number of halogens is 1. The predicted molar refractivity (Wildman–Crippen MR) is 182 cm³/mol. The third kappa shape index (κ3) is 6.02. The van der Waals surface area contributed by atoms with E-state index in [9.17, 15) is 9.59 Å². The van der Waals surface area contributed by atoms with Gasteiger partial charge in [0, 0.05) is 28.6 Å². The van der Waals surface area contributed by atoms with Crippen molar-refractivity contribution in [2.75, 3.05) is 16.8 Å². The van der Waals surface area contributed by atoms with Crippen molar-refractivity contribution in [3.05, 3.63) is 130 Å². The minimum Gasteiger partial charge on any atom is -0.490 e. The van der Waals surface area contributed by atoms with Crippen LogP contribution in [0.1, 0.15) is 66.8 Å². The molecule has 3 aliphatic rings. The molecule has 6 nitrogen and oxygen atoms in total. The quantitative estimate of drug-likeness (QED) is 0.210. The zero-order chi connectivity index (χ0) is 31.8. The number of rotatable bonds is 8. The molecule has 0 spiro atoms. The normalized spacial score (nSPS) is 19.1. The van der Waals surface area contributed by atoms with Crippen LogP contribution in [0, 0.1) is 12.8 Å². The van der Waals surface area contributed by atoms with Gasteiger partial charge in [-0.3, -0.25) is 14.5 Å². The molecule has 1 fully saturated rings. The summed E-state index contributed by atoms with van der Waals surface area (Å²) in [6.45, 7) is 4.78. The summed E-state index contributed by atoms with van der Waals surface area (Å²) >= 11 is 6.07. The van der Waals surface area contributed by atoms with Crippen LogP contribution in [0.4, 0.5) is 11.4 Å². The zero-order valence-corrected chi connectivity index (χ0v) is 26.8.